The molecular formula is C21H32O3. The molecule has 8 atom stereocenters. The molecule has 3 heteroatoms. The molecule has 0 heterocycles. The predicted octanol–water partition coefficient (Wildman–Crippen LogP) is 3.49. The van der Waals surface area contributed by atoms with E-state index in [0.29, 0.717) is 23.7 Å². The quantitative estimate of drug-likeness (QED) is 0.773. The molecular weight excluding hydrogens is 300 g/mol. The minimum absolute atomic E-state index is 0.135. The number of carbonyl (C=O) groups excluding carboxylic acids is 1. The van der Waals surface area contributed by atoms with Gasteiger partial charge in [-0.15, -0.1) is 0 Å². The molecule has 2 N–H and O–H groups in total. The van der Waals surface area contributed by atoms with Gasteiger partial charge in [-0.05, 0) is 86.5 Å². The molecule has 3 unspecified atom stereocenters. The summed E-state index contributed by atoms with van der Waals surface area (Å²) >= 11 is 0. The summed E-state index contributed by atoms with van der Waals surface area (Å²) in [4.78, 5) is 12.1. The average molecular weight is 332 g/mol. The number of fused-ring (bicyclic) bond motifs is 5. The van der Waals surface area contributed by atoms with E-state index < -0.39 is 0 Å². The number of Topliss-reactive ketones (excluding diaryl/α,β-unsaturated/α-hetero) is 1. The molecule has 3 saturated carbocycles. The van der Waals surface area contributed by atoms with Gasteiger partial charge in [-0.3, -0.25) is 4.79 Å². The van der Waals surface area contributed by atoms with Crippen LogP contribution in [0.2, 0.25) is 0 Å². The largest absolute Gasteiger partial charge is 0.393 e. The van der Waals surface area contributed by atoms with Gasteiger partial charge in [0, 0.05) is 5.41 Å². The number of rotatable bonds is 1. The van der Waals surface area contributed by atoms with E-state index in [1.165, 1.54) is 6.42 Å². The Morgan fingerprint density at radius 1 is 1.21 bits per heavy atom. The van der Waals surface area contributed by atoms with E-state index in [0.717, 1.165) is 44.1 Å². The number of hydrogen-bond acceptors (Lipinski definition) is 3. The van der Waals surface area contributed by atoms with Gasteiger partial charge in [-0.1, -0.05) is 19.9 Å². The number of carbonyl (C=O) groups is 1. The maximum Gasteiger partial charge on any atom is 0.156 e. The first-order chi connectivity index (χ1) is 11.3. The number of aliphatic hydroxyl groups is 2. The SMILES string of the molecule is CC(=O)C1=CC[C@H]2[C@@H]3CCC4CC(O)CC[C@]4(C)[C@H]3C(O)C[C@]12C. The molecule has 0 saturated heterocycles. The van der Waals surface area contributed by atoms with Gasteiger partial charge in [0.25, 0.3) is 0 Å². The first kappa shape index (κ1) is 16.8. The van der Waals surface area contributed by atoms with Crippen LogP contribution >= 0.6 is 0 Å². The average Bonchev–Trinajstić information content (AvgIpc) is 2.84. The highest BCUT2D eigenvalue weighted by Crippen LogP contribution is 2.66. The fraction of sp³-hybridized carbons (Fsp3) is 0.857. The molecule has 24 heavy (non-hydrogen) atoms. The molecule has 0 aromatic heterocycles. The van der Waals surface area contributed by atoms with Gasteiger partial charge in [0.15, 0.2) is 5.78 Å². The van der Waals surface area contributed by atoms with E-state index in [-0.39, 0.29) is 28.8 Å². The predicted molar refractivity (Wildman–Crippen MR) is 93.3 cm³/mol. The summed E-state index contributed by atoms with van der Waals surface area (Å²) in [6.07, 6.45) is 8.57. The van der Waals surface area contributed by atoms with E-state index in [9.17, 15) is 15.0 Å². The zero-order valence-electron chi connectivity index (χ0n) is 15.3. The molecule has 0 bridgehead atoms. The summed E-state index contributed by atoms with van der Waals surface area (Å²) in [5, 5.41) is 21.3. The third-order valence-corrected chi connectivity index (χ3v) is 8.53. The van der Waals surface area contributed by atoms with Gasteiger partial charge in [-0.25, -0.2) is 0 Å². The summed E-state index contributed by atoms with van der Waals surface area (Å²) in [6, 6.07) is 0. The lowest BCUT2D eigenvalue weighted by molar-refractivity contribution is -0.169. The van der Waals surface area contributed by atoms with Crippen molar-refractivity contribution >= 4 is 5.78 Å². The zero-order valence-corrected chi connectivity index (χ0v) is 15.3. The van der Waals surface area contributed by atoms with Gasteiger partial charge >= 0.3 is 0 Å². The van der Waals surface area contributed by atoms with Crippen LogP contribution < -0.4 is 0 Å². The van der Waals surface area contributed by atoms with Crippen LogP contribution in [0, 0.1) is 34.5 Å². The molecule has 0 aromatic rings. The molecule has 4 rings (SSSR count). The number of allylic oxidation sites excluding steroid dienone is 2. The van der Waals surface area contributed by atoms with Crippen LogP contribution in [0.25, 0.3) is 0 Å². The summed E-state index contributed by atoms with van der Waals surface area (Å²) in [7, 11) is 0. The number of aliphatic hydroxyl groups excluding tert-OH is 2. The maximum atomic E-state index is 12.1. The van der Waals surface area contributed by atoms with Crippen LogP contribution in [-0.4, -0.2) is 28.2 Å². The Hall–Kier alpha value is -0.670. The standard InChI is InChI=1S/C21H32O3/c1-12(22)16-6-7-17-15-5-4-13-10-14(23)8-9-20(13,2)19(15)18(24)11-21(16,17)3/h6,13-15,17-19,23-24H,4-5,7-11H2,1-3H3/t13?,14?,15-,17-,18?,19+,20-,21+/m0/s1. The summed E-state index contributed by atoms with van der Waals surface area (Å²) < 4.78 is 0. The Balaban J connectivity index is 1.68. The Kier molecular flexibility index (Phi) is 3.78. The molecule has 0 amide bonds. The van der Waals surface area contributed by atoms with Gasteiger partial charge in [0.05, 0.1) is 12.2 Å². The van der Waals surface area contributed by atoms with Gasteiger partial charge in [-0.2, -0.15) is 0 Å². The van der Waals surface area contributed by atoms with Crippen LogP contribution in [0.4, 0.5) is 0 Å². The molecule has 0 aromatic carbocycles. The monoisotopic (exact) mass is 332 g/mol. The third kappa shape index (κ3) is 2.13. The highest BCUT2D eigenvalue weighted by atomic mass is 16.3. The topological polar surface area (TPSA) is 57.5 Å². The minimum Gasteiger partial charge on any atom is -0.393 e. The molecule has 3 nitrogen and oxygen atoms in total. The molecule has 0 spiro atoms. The van der Waals surface area contributed by atoms with Crippen molar-refractivity contribution in [2.45, 2.75) is 77.9 Å². The van der Waals surface area contributed by atoms with E-state index in [2.05, 4.69) is 19.9 Å². The highest BCUT2D eigenvalue weighted by Gasteiger charge is 2.61. The van der Waals surface area contributed by atoms with Gasteiger partial charge in [0.2, 0.25) is 0 Å². The van der Waals surface area contributed by atoms with Crippen molar-refractivity contribution in [2.24, 2.45) is 34.5 Å². The fourth-order valence-corrected chi connectivity index (χ4v) is 7.48. The fourth-order valence-electron chi connectivity index (χ4n) is 7.48. The molecule has 3 fully saturated rings. The van der Waals surface area contributed by atoms with E-state index >= 15 is 0 Å². The summed E-state index contributed by atoms with van der Waals surface area (Å²) in [5.74, 6) is 2.09. The van der Waals surface area contributed by atoms with E-state index in [1.807, 2.05) is 0 Å². The Labute approximate surface area is 145 Å². The summed E-state index contributed by atoms with van der Waals surface area (Å²) in [5.41, 5.74) is 0.988. The molecule has 0 aliphatic heterocycles. The Morgan fingerprint density at radius 3 is 2.67 bits per heavy atom. The van der Waals surface area contributed by atoms with Crippen molar-refractivity contribution in [3.8, 4) is 0 Å². The maximum absolute atomic E-state index is 12.1. The lowest BCUT2D eigenvalue weighted by atomic mass is 9.44. The van der Waals surface area contributed by atoms with Crippen molar-refractivity contribution < 1.29 is 15.0 Å². The van der Waals surface area contributed by atoms with Crippen molar-refractivity contribution in [3.63, 3.8) is 0 Å². The lowest BCUT2D eigenvalue weighted by Crippen LogP contribution is -2.59. The second kappa shape index (κ2) is 5.41. The lowest BCUT2D eigenvalue weighted by Gasteiger charge is -2.62. The number of ketones is 1. The zero-order chi connectivity index (χ0) is 17.3. The Morgan fingerprint density at radius 2 is 1.96 bits per heavy atom. The van der Waals surface area contributed by atoms with Crippen molar-refractivity contribution in [1.29, 1.82) is 0 Å². The van der Waals surface area contributed by atoms with Crippen LogP contribution in [0.1, 0.15) is 65.7 Å². The molecule has 4 aliphatic carbocycles. The minimum atomic E-state index is -0.319. The normalized spacial score (nSPS) is 53.6. The van der Waals surface area contributed by atoms with Crippen LogP contribution in [0.3, 0.4) is 0 Å². The first-order valence-electron chi connectivity index (χ1n) is 9.85. The molecule has 134 valence electrons. The van der Waals surface area contributed by atoms with Gasteiger partial charge < -0.3 is 10.2 Å². The smallest absolute Gasteiger partial charge is 0.156 e. The van der Waals surface area contributed by atoms with Crippen LogP contribution in [0.5, 0.6) is 0 Å². The van der Waals surface area contributed by atoms with Crippen molar-refractivity contribution in [1.82, 2.24) is 0 Å². The molecule has 4 aliphatic rings. The van der Waals surface area contributed by atoms with E-state index in [1.54, 1.807) is 6.92 Å². The Bertz CT molecular complexity index is 582. The van der Waals surface area contributed by atoms with E-state index in [4.69, 9.17) is 0 Å². The highest BCUT2D eigenvalue weighted by molar-refractivity contribution is 5.95. The van der Waals surface area contributed by atoms with Crippen LogP contribution in [-0.2, 0) is 4.79 Å². The second-order valence-electron chi connectivity index (χ2n) is 9.60. The second-order valence-corrected chi connectivity index (χ2v) is 9.60. The summed E-state index contributed by atoms with van der Waals surface area (Å²) in [6.45, 7) is 6.27. The van der Waals surface area contributed by atoms with Crippen molar-refractivity contribution in [3.05, 3.63) is 11.6 Å². The third-order valence-electron chi connectivity index (χ3n) is 8.53. The molecule has 0 radical (unpaired) electrons. The van der Waals surface area contributed by atoms with Crippen molar-refractivity contribution in [2.75, 3.05) is 0 Å². The first-order valence-corrected chi connectivity index (χ1v) is 9.85. The number of hydrogen-bond donors (Lipinski definition) is 2. The van der Waals surface area contributed by atoms with Gasteiger partial charge in [0.1, 0.15) is 0 Å². The van der Waals surface area contributed by atoms with Crippen LogP contribution in [0.15, 0.2) is 11.6 Å².